The van der Waals surface area contributed by atoms with Crippen LogP contribution in [-0.2, 0) is 0 Å². The van der Waals surface area contributed by atoms with E-state index in [2.05, 4.69) is 25.2 Å². The number of carbonyl (C=O) groups is 1. The molecule has 0 bridgehead atoms. The Balaban J connectivity index is 1.41. The number of piperazine rings is 1. The topological polar surface area (TPSA) is 74.2 Å². The zero-order chi connectivity index (χ0) is 20.2. The summed E-state index contributed by atoms with van der Waals surface area (Å²) in [4.78, 5) is 29.7. The second kappa shape index (κ2) is 8.45. The summed E-state index contributed by atoms with van der Waals surface area (Å²) in [6.45, 7) is 4.61. The fourth-order valence-corrected chi connectivity index (χ4v) is 3.48. The van der Waals surface area contributed by atoms with Gasteiger partial charge in [-0.1, -0.05) is 23.7 Å². The van der Waals surface area contributed by atoms with E-state index in [0.29, 0.717) is 42.6 Å². The molecule has 2 aromatic heterocycles. The molecule has 0 atom stereocenters. The largest absolute Gasteiger partial charge is 0.353 e. The van der Waals surface area contributed by atoms with Gasteiger partial charge in [0.05, 0.1) is 10.6 Å². The molecule has 7 nitrogen and oxygen atoms in total. The van der Waals surface area contributed by atoms with E-state index < -0.39 is 0 Å². The number of nitrogens with zero attached hydrogens (tertiary/aromatic N) is 5. The van der Waals surface area contributed by atoms with Crippen LogP contribution in [-0.4, -0.2) is 51.9 Å². The van der Waals surface area contributed by atoms with Crippen LogP contribution in [0.4, 0.5) is 17.5 Å². The summed E-state index contributed by atoms with van der Waals surface area (Å²) in [5.41, 5.74) is 1.66. The van der Waals surface area contributed by atoms with Gasteiger partial charge in [-0.3, -0.25) is 4.79 Å². The third-order valence-electron chi connectivity index (χ3n) is 4.82. The normalized spacial score (nSPS) is 14.0. The first-order chi connectivity index (χ1) is 14.1. The number of aromatic nitrogens is 3. The highest BCUT2D eigenvalue weighted by Crippen LogP contribution is 2.21. The lowest BCUT2D eigenvalue weighted by Gasteiger charge is -2.35. The number of hydrogen-bond donors (Lipinski definition) is 1. The third kappa shape index (κ3) is 4.46. The molecule has 0 radical (unpaired) electrons. The van der Waals surface area contributed by atoms with Gasteiger partial charge in [-0.05, 0) is 36.8 Å². The first-order valence-corrected chi connectivity index (χ1v) is 9.78. The van der Waals surface area contributed by atoms with Crippen molar-refractivity contribution in [3.05, 3.63) is 71.1 Å². The minimum atomic E-state index is -0.0363. The molecule has 3 aromatic rings. The summed E-state index contributed by atoms with van der Waals surface area (Å²) in [6, 6.07) is 13.0. The molecule has 8 heteroatoms. The maximum Gasteiger partial charge on any atom is 0.255 e. The van der Waals surface area contributed by atoms with Crippen LogP contribution in [0, 0.1) is 6.92 Å². The van der Waals surface area contributed by atoms with Gasteiger partial charge in [0.1, 0.15) is 23.8 Å². The average molecular weight is 409 g/mol. The average Bonchev–Trinajstić information content (AvgIpc) is 2.74. The number of amides is 1. The van der Waals surface area contributed by atoms with E-state index >= 15 is 0 Å². The molecule has 0 saturated carbocycles. The van der Waals surface area contributed by atoms with E-state index in [1.807, 2.05) is 42.2 Å². The fourth-order valence-electron chi connectivity index (χ4n) is 3.27. The SMILES string of the molecule is Cc1ccnc(Nc2cc(N3CCN(C(=O)c4ccccc4Cl)CC3)ncn2)c1. The second-order valence-corrected chi connectivity index (χ2v) is 7.27. The van der Waals surface area contributed by atoms with Crippen LogP contribution >= 0.6 is 11.6 Å². The third-order valence-corrected chi connectivity index (χ3v) is 5.15. The molecule has 1 saturated heterocycles. The van der Waals surface area contributed by atoms with E-state index in [9.17, 15) is 4.79 Å². The summed E-state index contributed by atoms with van der Waals surface area (Å²) < 4.78 is 0. The summed E-state index contributed by atoms with van der Waals surface area (Å²) in [7, 11) is 0. The molecule has 0 spiro atoms. The summed E-state index contributed by atoms with van der Waals surface area (Å²) in [5, 5.41) is 3.69. The van der Waals surface area contributed by atoms with Gasteiger partial charge >= 0.3 is 0 Å². The molecule has 0 unspecified atom stereocenters. The molecule has 4 rings (SSSR count). The number of rotatable bonds is 4. The highest BCUT2D eigenvalue weighted by atomic mass is 35.5. The number of benzene rings is 1. The molecule has 1 aromatic carbocycles. The molecule has 0 aliphatic carbocycles. The Labute approximate surface area is 174 Å². The first-order valence-electron chi connectivity index (χ1n) is 9.40. The van der Waals surface area contributed by atoms with Crippen molar-refractivity contribution in [2.45, 2.75) is 6.92 Å². The van der Waals surface area contributed by atoms with Crippen molar-refractivity contribution in [3.8, 4) is 0 Å². The summed E-state index contributed by atoms with van der Waals surface area (Å²) in [6.07, 6.45) is 3.30. The number of pyridine rings is 1. The standard InChI is InChI=1S/C21H21ClN6O/c1-15-6-7-23-18(12-15)26-19-13-20(25-14-24-19)27-8-10-28(11-9-27)21(29)16-4-2-3-5-17(16)22/h2-7,12-14H,8-11H2,1H3,(H,23,24,25,26). The van der Waals surface area contributed by atoms with E-state index in [4.69, 9.17) is 11.6 Å². The lowest BCUT2D eigenvalue weighted by Crippen LogP contribution is -2.49. The molecule has 1 fully saturated rings. The maximum absolute atomic E-state index is 12.7. The van der Waals surface area contributed by atoms with Crippen LogP contribution < -0.4 is 10.2 Å². The van der Waals surface area contributed by atoms with Gasteiger partial charge in [0.15, 0.2) is 0 Å². The van der Waals surface area contributed by atoms with Gasteiger partial charge in [0, 0.05) is 38.4 Å². The monoisotopic (exact) mass is 408 g/mol. The van der Waals surface area contributed by atoms with Crippen LogP contribution in [0.15, 0.2) is 55.0 Å². The van der Waals surface area contributed by atoms with Gasteiger partial charge in [0.2, 0.25) is 0 Å². The van der Waals surface area contributed by atoms with Crippen molar-refractivity contribution in [2.75, 3.05) is 36.4 Å². The van der Waals surface area contributed by atoms with Gasteiger partial charge in [-0.15, -0.1) is 0 Å². The number of anilines is 3. The number of carbonyl (C=O) groups excluding carboxylic acids is 1. The van der Waals surface area contributed by atoms with Gasteiger partial charge in [-0.2, -0.15) is 0 Å². The van der Waals surface area contributed by atoms with Crippen LogP contribution in [0.1, 0.15) is 15.9 Å². The Kier molecular flexibility index (Phi) is 5.57. The number of nitrogens with one attached hydrogen (secondary N) is 1. The van der Waals surface area contributed by atoms with Crippen molar-refractivity contribution in [3.63, 3.8) is 0 Å². The lowest BCUT2D eigenvalue weighted by molar-refractivity contribution is 0.0746. The smallest absolute Gasteiger partial charge is 0.255 e. The molecule has 1 aliphatic heterocycles. The Morgan fingerprint density at radius 3 is 2.52 bits per heavy atom. The van der Waals surface area contributed by atoms with Crippen LogP contribution in [0.5, 0.6) is 0 Å². The predicted molar refractivity (Wildman–Crippen MR) is 114 cm³/mol. The Bertz CT molecular complexity index is 1020. The Morgan fingerprint density at radius 2 is 1.76 bits per heavy atom. The van der Waals surface area contributed by atoms with Crippen molar-refractivity contribution in [2.24, 2.45) is 0 Å². The van der Waals surface area contributed by atoms with Gasteiger partial charge < -0.3 is 15.1 Å². The van der Waals surface area contributed by atoms with E-state index in [1.54, 1.807) is 18.3 Å². The van der Waals surface area contributed by atoms with Crippen molar-refractivity contribution in [1.82, 2.24) is 19.9 Å². The number of halogens is 1. The van der Waals surface area contributed by atoms with E-state index in [-0.39, 0.29) is 5.91 Å². The fraction of sp³-hybridized carbons (Fsp3) is 0.238. The lowest BCUT2D eigenvalue weighted by atomic mass is 10.2. The highest BCUT2D eigenvalue weighted by molar-refractivity contribution is 6.33. The zero-order valence-corrected chi connectivity index (χ0v) is 16.8. The van der Waals surface area contributed by atoms with Crippen LogP contribution in [0.3, 0.4) is 0 Å². The first kappa shape index (κ1) is 19.1. The Morgan fingerprint density at radius 1 is 1.00 bits per heavy atom. The van der Waals surface area contributed by atoms with Crippen molar-refractivity contribution in [1.29, 1.82) is 0 Å². The molecule has 1 aliphatic rings. The number of hydrogen-bond acceptors (Lipinski definition) is 6. The summed E-state index contributed by atoms with van der Waals surface area (Å²) in [5.74, 6) is 2.21. The van der Waals surface area contributed by atoms with E-state index in [1.165, 1.54) is 6.33 Å². The minimum Gasteiger partial charge on any atom is -0.353 e. The predicted octanol–water partition coefficient (Wildman–Crippen LogP) is 3.54. The number of aryl methyl sites for hydroxylation is 1. The molecular formula is C21H21ClN6O. The molecule has 1 amide bonds. The van der Waals surface area contributed by atoms with Crippen molar-refractivity contribution < 1.29 is 4.79 Å². The van der Waals surface area contributed by atoms with Crippen LogP contribution in [0.2, 0.25) is 5.02 Å². The molecular weight excluding hydrogens is 388 g/mol. The molecule has 29 heavy (non-hydrogen) atoms. The highest BCUT2D eigenvalue weighted by Gasteiger charge is 2.24. The zero-order valence-electron chi connectivity index (χ0n) is 16.0. The minimum absolute atomic E-state index is 0.0363. The second-order valence-electron chi connectivity index (χ2n) is 6.86. The molecule has 3 heterocycles. The quantitative estimate of drug-likeness (QED) is 0.711. The maximum atomic E-state index is 12.7. The van der Waals surface area contributed by atoms with Gasteiger partial charge in [0.25, 0.3) is 5.91 Å². The summed E-state index contributed by atoms with van der Waals surface area (Å²) >= 11 is 6.17. The molecule has 148 valence electrons. The van der Waals surface area contributed by atoms with Gasteiger partial charge in [-0.25, -0.2) is 15.0 Å². The molecule has 1 N–H and O–H groups in total. The Hall–Kier alpha value is -3.19. The van der Waals surface area contributed by atoms with Crippen LogP contribution in [0.25, 0.3) is 0 Å². The van der Waals surface area contributed by atoms with E-state index in [0.717, 1.165) is 17.2 Å². The van der Waals surface area contributed by atoms with Crippen molar-refractivity contribution >= 4 is 35.0 Å².